The van der Waals surface area contributed by atoms with Crippen LogP contribution in [-0.2, 0) is 4.79 Å². The van der Waals surface area contributed by atoms with Gasteiger partial charge in [0.05, 0.1) is 26.2 Å². The molecule has 126 valence electrons. The predicted octanol–water partition coefficient (Wildman–Crippen LogP) is 2.11. The van der Waals surface area contributed by atoms with E-state index in [2.05, 4.69) is 16.2 Å². The third-order valence-electron chi connectivity index (χ3n) is 4.10. The van der Waals surface area contributed by atoms with Crippen molar-refractivity contribution < 1.29 is 14.3 Å². The summed E-state index contributed by atoms with van der Waals surface area (Å²) in [6.45, 7) is 0.562. The first-order valence-electron chi connectivity index (χ1n) is 7.78. The quantitative estimate of drug-likeness (QED) is 0.784. The molecule has 1 amide bonds. The number of carbonyl (C=O) groups excluding carboxylic acids is 1. The second-order valence-corrected chi connectivity index (χ2v) is 5.61. The van der Waals surface area contributed by atoms with Gasteiger partial charge in [0.2, 0.25) is 5.91 Å². The Morgan fingerprint density at radius 3 is 2.38 bits per heavy atom. The highest BCUT2D eigenvalue weighted by Gasteiger charge is 2.33. The van der Waals surface area contributed by atoms with Crippen LogP contribution in [0.25, 0.3) is 0 Å². The number of carbonyl (C=O) groups is 1. The van der Waals surface area contributed by atoms with Gasteiger partial charge >= 0.3 is 0 Å². The molecule has 0 bridgehead atoms. The van der Waals surface area contributed by atoms with Crippen LogP contribution in [0.4, 0.5) is 5.69 Å². The second-order valence-electron chi connectivity index (χ2n) is 5.61. The molecule has 2 aromatic carbocycles. The van der Waals surface area contributed by atoms with E-state index in [1.54, 1.807) is 32.4 Å². The highest BCUT2D eigenvalue weighted by molar-refractivity contribution is 5.94. The standard InChI is InChI=1S/C18H21N3O3/c1-23-14-8-13(9-15(10-14)24-2)20-18(22)16-11-19-21-17(16)12-6-4-3-5-7-12/h3-10,16-17,19,21H,11H2,1-2H3,(H,20,22). The summed E-state index contributed by atoms with van der Waals surface area (Å²) in [6, 6.07) is 15.2. The van der Waals surface area contributed by atoms with E-state index < -0.39 is 0 Å². The molecule has 0 radical (unpaired) electrons. The molecular weight excluding hydrogens is 306 g/mol. The minimum Gasteiger partial charge on any atom is -0.497 e. The van der Waals surface area contributed by atoms with Gasteiger partial charge in [0, 0.05) is 30.4 Å². The first-order chi connectivity index (χ1) is 11.7. The monoisotopic (exact) mass is 327 g/mol. The zero-order valence-corrected chi connectivity index (χ0v) is 13.7. The number of ether oxygens (including phenoxy) is 2. The van der Waals surface area contributed by atoms with E-state index in [1.165, 1.54) is 0 Å². The van der Waals surface area contributed by atoms with E-state index in [4.69, 9.17) is 9.47 Å². The summed E-state index contributed by atoms with van der Waals surface area (Å²) >= 11 is 0. The topological polar surface area (TPSA) is 71.6 Å². The number of amides is 1. The molecule has 3 rings (SSSR count). The van der Waals surface area contributed by atoms with Crippen molar-refractivity contribution in [3.05, 3.63) is 54.1 Å². The van der Waals surface area contributed by atoms with Crippen LogP contribution >= 0.6 is 0 Å². The molecule has 1 aliphatic heterocycles. The van der Waals surface area contributed by atoms with Crippen molar-refractivity contribution >= 4 is 11.6 Å². The Morgan fingerprint density at radius 2 is 1.75 bits per heavy atom. The zero-order chi connectivity index (χ0) is 16.9. The average molecular weight is 327 g/mol. The Morgan fingerprint density at radius 1 is 1.08 bits per heavy atom. The van der Waals surface area contributed by atoms with Gasteiger partial charge in [0.15, 0.2) is 0 Å². The second kappa shape index (κ2) is 7.33. The van der Waals surface area contributed by atoms with Gasteiger partial charge in [0.1, 0.15) is 11.5 Å². The van der Waals surface area contributed by atoms with Gasteiger partial charge in [-0.15, -0.1) is 0 Å². The summed E-state index contributed by atoms with van der Waals surface area (Å²) < 4.78 is 10.5. The van der Waals surface area contributed by atoms with Crippen LogP contribution in [-0.4, -0.2) is 26.7 Å². The Kier molecular flexibility index (Phi) is 4.98. The van der Waals surface area contributed by atoms with E-state index in [-0.39, 0.29) is 17.9 Å². The molecule has 2 atom stereocenters. The third-order valence-corrected chi connectivity index (χ3v) is 4.10. The fourth-order valence-electron chi connectivity index (χ4n) is 2.83. The molecule has 24 heavy (non-hydrogen) atoms. The number of hydrazine groups is 1. The van der Waals surface area contributed by atoms with Gasteiger partial charge in [-0.25, -0.2) is 5.43 Å². The zero-order valence-electron chi connectivity index (χ0n) is 13.7. The molecule has 0 saturated carbocycles. The molecular formula is C18H21N3O3. The maximum Gasteiger partial charge on any atom is 0.230 e. The lowest BCUT2D eigenvalue weighted by atomic mass is 9.94. The van der Waals surface area contributed by atoms with E-state index in [0.717, 1.165) is 5.56 Å². The van der Waals surface area contributed by atoms with Crippen LogP contribution < -0.4 is 25.6 Å². The van der Waals surface area contributed by atoms with E-state index >= 15 is 0 Å². The lowest BCUT2D eigenvalue weighted by Crippen LogP contribution is -2.29. The molecule has 2 aromatic rings. The van der Waals surface area contributed by atoms with Crippen molar-refractivity contribution in [2.45, 2.75) is 6.04 Å². The van der Waals surface area contributed by atoms with Crippen molar-refractivity contribution in [3.8, 4) is 11.5 Å². The molecule has 0 aliphatic carbocycles. The minimum atomic E-state index is -0.218. The molecule has 0 aromatic heterocycles. The van der Waals surface area contributed by atoms with Crippen LogP contribution in [0.5, 0.6) is 11.5 Å². The average Bonchev–Trinajstić information content (AvgIpc) is 3.12. The summed E-state index contributed by atoms with van der Waals surface area (Å²) in [5.74, 6) is 0.986. The molecule has 6 nitrogen and oxygen atoms in total. The molecule has 0 spiro atoms. The Hall–Kier alpha value is -2.57. The van der Waals surface area contributed by atoms with Gasteiger partial charge in [-0.3, -0.25) is 10.2 Å². The number of nitrogens with one attached hydrogen (secondary N) is 3. The van der Waals surface area contributed by atoms with Crippen LogP contribution in [0.3, 0.4) is 0 Å². The van der Waals surface area contributed by atoms with Crippen molar-refractivity contribution in [2.75, 3.05) is 26.1 Å². The molecule has 3 N–H and O–H groups in total. The van der Waals surface area contributed by atoms with Crippen LogP contribution in [0.2, 0.25) is 0 Å². The molecule has 1 fully saturated rings. The summed E-state index contributed by atoms with van der Waals surface area (Å²) in [4.78, 5) is 12.7. The fourth-order valence-corrected chi connectivity index (χ4v) is 2.83. The Bertz CT molecular complexity index is 684. The third kappa shape index (κ3) is 3.50. The van der Waals surface area contributed by atoms with Gasteiger partial charge in [-0.05, 0) is 5.56 Å². The number of benzene rings is 2. The predicted molar refractivity (Wildman–Crippen MR) is 92.0 cm³/mol. The van der Waals surface area contributed by atoms with E-state index in [9.17, 15) is 4.79 Å². The minimum absolute atomic E-state index is 0.0586. The highest BCUT2D eigenvalue weighted by Crippen LogP contribution is 2.29. The number of anilines is 1. The highest BCUT2D eigenvalue weighted by atomic mass is 16.5. The molecule has 2 unspecified atom stereocenters. The summed E-state index contributed by atoms with van der Waals surface area (Å²) in [6.07, 6.45) is 0. The van der Waals surface area contributed by atoms with Gasteiger partial charge < -0.3 is 14.8 Å². The SMILES string of the molecule is COc1cc(NC(=O)C2CNNC2c2ccccc2)cc(OC)c1. The van der Waals surface area contributed by atoms with Crippen molar-refractivity contribution in [3.63, 3.8) is 0 Å². The number of hydrogen-bond donors (Lipinski definition) is 3. The lowest BCUT2D eigenvalue weighted by molar-refractivity contribution is -0.119. The van der Waals surface area contributed by atoms with E-state index in [0.29, 0.717) is 23.7 Å². The first-order valence-corrected chi connectivity index (χ1v) is 7.78. The molecule has 6 heteroatoms. The summed E-state index contributed by atoms with van der Waals surface area (Å²) in [7, 11) is 3.16. The smallest absolute Gasteiger partial charge is 0.230 e. The largest absolute Gasteiger partial charge is 0.497 e. The van der Waals surface area contributed by atoms with Crippen molar-refractivity contribution in [1.29, 1.82) is 0 Å². The maximum absolute atomic E-state index is 12.7. The van der Waals surface area contributed by atoms with Crippen LogP contribution in [0.1, 0.15) is 11.6 Å². The first kappa shape index (κ1) is 16.3. The van der Waals surface area contributed by atoms with Crippen LogP contribution in [0, 0.1) is 5.92 Å². The van der Waals surface area contributed by atoms with Gasteiger partial charge in [0.25, 0.3) is 0 Å². The number of rotatable bonds is 5. The van der Waals surface area contributed by atoms with Gasteiger partial charge in [-0.1, -0.05) is 30.3 Å². The van der Waals surface area contributed by atoms with Crippen LogP contribution in [0.15, 0.2) is 48.5 Å². The number of hydrogen-bond acceptors (Lipinski definition) is 5. The van der Waals surface area contributed by atoms with Crippen molar-refractivity contribution in [2.24, 2.45) is 5.92 Å². The maximum atomic E-state index is 12.7. The Balaban J connectivity index is 1.77. The van der Waals surface area contributed by atoms with Gasteiger partial charge in [-0.2, -0.15) is 0 Å². The summed E-state index contributed by atoms with van der Waals surface area (Å²) in [5, 5.41) is 2.95. The molecule has 1 aliphatic rings. The van der Waals surface area contributed by atoms with E-state index in [1.807, 2.05) is 30.3 Å². The molecule has 1 heterocycles. The normalized spacial score (nSPS) is 19.8. The molecule has 1 saturated heterocycles. The number of methoxy groups -OCH3 is 2. The lowest BCUT2D eigenvalue weighted by Gasteiger charge is -2.19. The summed E-state index contributed by atoms with van der Waals surface area (Å²) in [5.41, 5.74) is 7.97. The van der Waals surface area contributed by atoms with Crippen molar-refractivity contribution in [1.82, 2.24) is 10.9 Å². The fraction of sp³-hybridized carbons (Fsp3) is 0.278. The Labute approximate surface area is 141 Å².